The highest BCUT2D eigenvalue weighted by molar-refractivity contribution is 5.95. The lowest BCUT2D eigenvalue weighted by atomic mass is 10.1. The number of urea groups is 1. The molecule has 1 aromatic rings. The minimum Gasteiger partial charge on any atom is -0.481 e. The van der Waals surface area contributed by atoms with E-state index in [0.717, 1.165) is 24.9 Å². The predicted octanol–water partition coefficient (Wildman–Crippen LogP) is 2.50. The Labute approximate surface area is 124 Å². The van der Waals surface area contributed by atoms with Crippen LogP contribution in [0.1, 0.15) is 31.7 Å². The van der Waals surface area contributed by atoms with Gasteiger partial charge in [-0.25, -0.2) is 4.79 Å². The number of carboxylic acids is 1. The van der Waals surface area contributed by atoms with E-state index in [1.54, 1.807) is 4.90 Å². The van der Waals surface area contributed by atoms with E-state index in [2.05, 4.69) is 6.07 Å². The van der Waals surface area contributed by atoms with Crippen molar-refractivity contribution in [1.82, 2.24) is 4.90 Å². The fourth-order valence-electron chi connectivity index (χ4n) is 3.03. The number of hydrogen-bond acceptors (Lipinski definition) is 2. The smallest absolute Gasteiger partial charge is 0.325 e. The Hall–Kier alpha value is -2.04. The lowest BCUT2D eigenvalue weighted by Crippen LogP contribution is -2.47. The maximum atomic E-state index is 12.9. The van der Waals surface area contributed by atoms with Crippen molar-refractivity contribution in [3.63, 3.8) is 0 Å². The monoisotopic (exact) mass is 288 g/mol. The Morgan fingerprint density at radius 2 is 2.05 bits per heavy atom. The molecular weight excluding hydrogens is 268 g/mol. The zero-order chi connectivity index (χ0) is 15.0. The second kappa shape index (κ2) is 5.39. The van der Waals surface area contributed by atoms with Crippen molar-refractivity contribution in [1.29, 1.82) is 0 Å². The van der Waals surface area contributed by atoms with Crippen LogP contribution in [0.2, 0.25) is 0 Å². The number of para-hydroxylation sites is 1. The minimum absolute atomic E-state index is 0.00606. The summed E-state index contributed by atoms with van der Waals surface area (Å²) in [5, 5.41) is 8.87. The summed E-state index contributed by atoms with van der Waals surface area (Å²) < 4.78 is 0. The number of fused-ring (bicyclic) bond motifs is 1. The molecule has 1 fully saturated rings. The summed E-state index contributed by atoms with van der Waals surface area (Å²) in [6, 6.07) is 8.25. The van der Waals surface area contributed by atoms with Gasteiger partial charge in [0.25, 0.3) is 0 Å². The minimum atomic E-state index is -0.858. The molecule has 2 amide bonds. The summed E-state index contributed by atoms with van der Waals surface area (Å²) in [7, 11) is 0. The summed E-state index contributed by atoms with van der Waals surface area (Å²) in [5.41, 5.74) is 2.16. The van der Waals surface area contributed by atoms with Crippen LogP contribution < -0.4 is 4.90 Å². The van der Waals surface area contributed by atoms with E-state index >= 15 is 0 Å². The molecule has 5 heteroatoms. The van der Waals surface area contributed by atoms with Gasteiger partial charge in [0.1, 0.15) is 0 Å². The number of amides is 2. The lowest BCUT2D eigenvalue weighted by Gasteiger charge is -2.31. The van der Waals surface area contributed by atoms with Crippen molar-refractivity contribution in [2.45, 2.75) is 44.7 Å². The first-order valence-corrected chi connectivity index (χ1v) is 7.47. The van der Waals surface area contributed by atoms with Crippen LogP contribution in [-0.4, -0.2) is 40.6 Å². The Bertz CT molecular complexity index is 568. The average molecular weight is 288 g/mol. The van der Waals surface area contributed by atoms with E-state index in [9.17, 15) is 9.59 Å². The van der Waals surface area contributed by atoms with E-state index in [0.29, 0.717) is 6.54 Å². The van der Waals surface area contributed by atoms with Crippen LogP contribution in [0.25, 0.3) is 0 Å². The van der Waals surface area contributed by atoms with Crippen LogP contribution in [0, 0.1) is 0 Å². The molecule has 21 heavy (non-hydrogen) atoms. The van der Waals surface area contributed by atoms with Gasteiger partial charge in [-0.3, -0.25) is 9.69 Å². The van der Waals surface area contributed by atoms with E-state index in [1.165, 1.54) is 5.56 Å². The Morgan fingerprint density at radius 1 is 1.33 bits per heavy atom. The highest BCUT2D eigenvalue weighted by Gasteiger charge is 2.39. The van der Waals surface area contributed by atoms with Gasteiger partial charge in [-0.2, -0.15) is 0 Å². The van der Waals surface area contributed by atoms with Gasteiger partial charge in [0.15, 0.2) is 0 Å². The number of anilines is 1. The van der Waals surface area contributed by atoms with Crippen molar-refractivity contribution in [3.05, 3.63) is 29.8 Å². The third-order valence-corrected chi connectivity index (χ3v) is 4.21. The molecule has 112 valence electrons. The molecule has 0 aromatic heterocycles. The lowest BCUT2D eigenvalue weighted by molar-refractivity contribution is -0.137. The van der Waals surface area contributed by atoms with Gasteiger partial charge in [0.2, 0.25) is 0 Å². The summed E-state index contributed by atoms with van der Waals surface area (Å²) in [6.07, 6.45) is 2.83. The van der Waals surface area contributed by atoms with E-state index in [4.69, 9.17) is 5.11 Å². The van der Waals surface area contributed by atoms with Crippen LogP contribution in [0.15, 0.2) is 24.3 Å². The van der Waals surface area contributed by atoms with Gasteiger partial charge in [0, 0.05) is 24.3 Å². The fraction of sp³-hybridized carbons (Fsp3) is 0.500. The predicted molar refractivity (Wildman–Crippen MR) is 79.5 cm³/mol. The van der Waals surface area contributed by atoms with Gasteiger partial charge in [-0.05, 0) is 37.8 Å². The molecule has 1 aliphatic carbocycles. The molecule has 1 saturated carbocycles. The molecule has 2 aliphatic rings. The molecule has 1 unspecified atom stereocenters. The summed E-state index contributed by atoms with van der Waals surface area (Å²) in [6.45, 7) is 2.34. The number of carboxylic acid groups (broad SMARTS) is 1. The van der Waals surface area contributed by atoms with Crippen molar-refractivity contribution in [2.75, 3.05) is 11.4 Å². The Balaban J connectivity index is 1.81. The number of nitrogens with zero attached hydrogens (tertiary/aromatic N) is 2. The molecular formula is C16H20N2O3. The summed E-state index contributed by atoms with van der Waals surface area (Å²) >= 11 is 0. The molecule has 0 spiro atoms. The van der Waals surface area contributed by atoms with Gasteiger partial charge in [0.05, 0.1) is 6.42 Å². The number of aliphatic carboxylic acids is 1. The highest BCUT2D eigenvalue weighted by atomic mass is 16.4. The molecule has 5 nitrogen and oxygen atoms in total. The van der Waals surface area contributed by atoms with Crippen LogP contribution in [-0.2, 0) is 11.2 Å². The molecule has 1 atom stereocenters. The fourth-order valence-corrected chi connectivity index (χ4v) is 3.03. The number of carbonyl (C=O) groups excluding carboxylic acids is 1. The van der Waals surface area contributed by atoms with Crippen LogP contribution >= 0.6 is 0 Å². The first kappa shape index (κ1) is 13.9. The third kappa shape index (κ3) is 2.73. The zero-order valence-electron chi connectivity index (χ0n) is 12.2. The standard InChI is InChI=1S/C16H20N2O3/c1-11-10-12-4-2-3-5-14(12)18(11)16(21)17(13-6-7-13)9-8-15(19)20/h2-5,11,13H,6-10H2,1H3,(H,19,20). The van der Waals surface area contributed by atoms with Gasteiger partial charge in [-0.1, -0.05) is 18.2 Å². The molecule has 1 aromatic carbocycles. The number of rotatable bonds is 4. The SMILES string of the molecule is CC1Cc2ccccc2N1C(=O)N(CCC(=O)O)C1CC1. The Kier molecular flexibility index (Phi) is 3.57. The van der Waals surface area contributed by atoms with Crippen LogP contribution in [0.5, 0.6) is 0 Å². The van der Waals surface area contributed by atoms with Crippen molar-refractivity contribution in [2.24, 2.45) is 0 Å². The van der Waals surface area contributed by atoms with E-state index in [-0.39, 0.29) is 24.5 Å². The molecule has 0 bridgehead atoms. The van der Waals surface area contributed by atoms with E-state index < -0.39 is 5.97 Å². The molecule has 1 heterocycles. The molecule has 1 N–H and O–H groups in total. The molecule has 3 rings (SSSR count). The molecule has 0 saturated heterocycles. The topological polar surface area (TPSA) is 60.9 Å². The summed E-state index contributed by atoms with van der Waals surface area (Å²) in [5.74, 6) is -0.858. The molecule has 0 radical (unpaired) electrons. The van der Waals surface area contributed by atoms with Gasteiger partial charge < -0.3 is 10.0 Å². The second-order valence-electron chi connectivity index (χ2n) is 5.90. The van der Waals surface area contributed by atoms with Crippen molar-refractivity contribution < 1.29 is 14.7 Å². The number of carbonyl (C=O) groups is 2. The largest absolute Gasteiger partial charge is 0.481 e. The number of benzene rings is 1. The maximum absolute atomic E-state index is 12.9. The normalized spacial score (nSPS) is 20.2. The average Bonchev–Trinajstić information content (AvgIpc) is 3.20. The highest BCUT2D eigenvalue weighted by Crippen LogP contribution is 2.35. The number of hydrogen-bond donors (Lipinski definition) is 1. The maximum Gasteiger partial charge on any atom is 0.325 e. The summed E-state index contributed by atoms with van der Waals surface area (Å²) in [4.78, 5) is 27.2. The van der Waals surface area contributed by atoms with Gasteiger partial charge in [-0.15, -0.1) is 0 Å². The van der Waals surface area contributed by atoms with E-state index in [1.807, 2.05) is 30.0 Å². The van der Waals surface area contributed by atoms with Crippen molar-refractivity contribution in [3.8, 4) is 0 Å². The first-order chi connectivity index (χ1) is 10.1. The van der Waals surface area contributed by atoms with Crippen molar-refractivity contribution >= 4 is 17.7 Å². The van der Waals surface area contributed by atoms with Crippen LogP contribution in [0.3, 0.4) is 0 Å². The quantitative estimate of drug-likeness (QED) is 0.926. The zero-order valence-corrected chi connectivity index (χ0v) is 12.2. The second-order valence-corrected chi connectivity index (χ2v) is 5.90. The molecule has 1 aliphatic heterocycles. The first-order valence-electron chi connectivity index (χ1n) is 7.47. The third-order valence-electron chi connectivity index (χ3n) is 4.21. The van der Waals surface area contributed by atoms with Gasteiger partial charge >= 0.3 is 12.0 Å². The van der Waals surface area contributed by atoms with Crippen LogP contribution in [0.4, 0.5) is 10.5 Å². The Morgan fingerprint density at radius 3 is 2.71 bits per heavy atom.